The molecular weight excluding hydrogens is 308 g/mol. The third-order valence-corrected chi connectivity index (χ3v) is 3.43. The Kier molecular flexibility index (Phi) is 8.71. The van der Waals surface area contributed by atoms with E-state index < -0.39 is 5.60 Å². The van der Waals surface area contributed by atoms with Crippen molar-refractivity contribution in [1.29, 1.82) is 0 Å². The molecule has 0 aromatic carbocycles. The molecule has 6 heteroatoms. The summed E-state index contributed by atoms with van der Waals surface area (Å²) in [6.07, 6.45) is 3.11. The van der Waals surface area contributed by atoms with Gasteiger partial charge in [0.2, 0.25) is 5.88 Å². The maximum atomic E-state index is 12.7. The molecule has 0 radical (unpaired) electrons. The van der Waals surface area contributed by atoms with E-state index >= 15 is 0 Å². The molecule has 1 rings (SSSR count). The predicted octanol–water partition coefficient (Wildman–Crippen LogP) is 3.28. The van der Waals surface area contributed by atoms with Gasteiger partial charge in [0, 0.05) is 19.8 Å². The number of carbonyl (C=O) groups excluding carboxylic acids is 1. The number of aromatic nitrogens is 1. The van der Waals surface area contributed by atoms with Gasteiger partial charge in [-0.3, -0.25) is 4.79 Å². The molecule has 1 heterocycles. The average Bonchev–Trinajstić information content (AvgIpc) is 2.54. The number of nitrogens with one attached hydrogen (secondary N) is 1. The van der Waals surface area contributed by atoms with Crippen molar-refractivity contribution in [3.8, 4) is 5.88 Å². The van der Waals surface area contributed by atoms with Crippen molar-refractivity contribution in [3.63, 3.8) is 0 Å². The van der Waals surface area contributed by atoms with Crippen LogP contribution in [0.2, 0.25) is 0 Å². The third-order valence-electron chi connectivity index (χ3n) is 3.43. The summed E-state index contributed by atoms with van der Waals surface area (Å²) in [5, 5.41) is 2.88. The Balaban J connectivity index is 2.68. The molecule has 24 heavy (non-hydrogen) atoms. The molecule has 1 N–H and O–H groups in total. The molecule has 0 bridgehead atoms. The lowest BCUT2D eigenvalue weighted by molar-refractivity contribution is -0.141. The second-order valence-corrected chi connectivity index (χ2v) is 6.36. The monoisotopic (exact) mass is 338 g/mol. The molecule has 1 aromatic rings. The quantitative estimate of drug-likeness (QED) is 0.627. The summed E-state index contributed by atoms with van der Waals surface area (Å²) in [6.45, 7) is 9.52. The van der Waals surface area contributed by atoms with Gasteiger partial charge in [0.15, 0.2) is 0 Å². The van der Waals surface area contributed by atoms with Crippen molar-refractivity contribution < 1.29 is 19.0 Å². The standard InChI is InChI=1S/C18H30N2O4/c1-6-9-24-18(4,12-14(2)3)17(21)20-15-7-8-16(19-13-15)23-11-10-22-5/h7-8,13-14H,6,9-12H2,1-5H3,(H,20,21). The zero-order valence-electron chi connectivity index (χ0n) is 15.4. The number of ether oxygens (including phenoxy) is 3. The Morgan fingerprint density at radius 1 is 1.29 bits per heavy atom. The van der Waals surface area contributed by atoms with Gasteiger partial charge >= 0.3 is 0 Å². The van der Waals surface area contributed by atoms with Gasteiger partial charge in [-0.15, -0.1) is 0 Å². The molecule has 1 unspecified atom stereocenters. The molecule has 6 nitrogen and oxygen atoms in total. The van der Waals surface area contributed by atoms with E-state index in [-0.39, 0.29) is 5.91 Å². The van der Waals surface area contributed by atoms with Gasteiger partial charge in [-0.2, -0.15) is 0 Å². The van der Waals surface area contributed by atoms with Crippen LogP contribution in [0.1, 0.15) is 40.5 Å². The highest BCUT2D eigenvalue weighted by Gasteiger charge is 2.34. The van der Waals surface area contributed by atoms with Crippen molar-refractivity contribution in [2.75, 3.05) is 32.2 Å². The van der Waals surface area contributed by atoms with Gasteiger partial charge < -0.3 is 19.5 Å². The van der Waals surface area contributed by atoms with E-state index in [1.807, 2.05) is 13.8 Å². The molecular formula is C18H30N2O4. The minimum atomic E-state index is -0.849. The van der Waals surface area contributed by atoms with Crippen LogP contribution in [0.25, 0.3) is 0 Å². The summed E-state index contributed by atoms with van der Waals surface area (Å²) >= 11 is 0. The minimum Gasteiger partial charge on any atom is -0.475 e. The maximum absolute atomic E-state index is 12.7. The van der Waals surface area contributed by atoms with E-state index in [9.17, 15) is 4.79 Å². The fourth-order valence-electron chi connectivity index (χ4n) is 2.36. The Labute approximate surface area is 144 Å². The first-order valence-corrected chi connectivity index (χ1v) is 8.44. The zero-order chi connectivity index (χ0) is 18.0. The first-order chi connectivity index (χ1) is 11.4. The number of hydrogen-bond acceptors (Lipinski definition) is 5. The molecule has 0 fully saturated rings. The summed E-state index contributed by atoms with van der Waals surface area (Å²) in [7, 11) is 1.62. The van der Waals surface area contributed by atoms with Crippen molar-refractivity contribution >= 4 is 11.6 Å². The lowest BCUT2D eigenvalue weighted by atomic mass is 9.93. The molecule has 0 aliphatic rings. The minimum absolute atomic E-state index is 0.153. The van der Waals surface area contributed by atoms with Crippen LogP contribution >= 0.6 is 0 Å². The van der Waals surface area contributed by atoms with Gasteiger partial charge in [-0.05, 0) is 31.7 Å². The first-order valence-electron chi connectivity index (χ1n) is 8.44. The summed E-state index contributed by atoms with van der Waals surface area (Å²) in [5.41, 5.74) is -0.230. The number of pyridine rings is 1. The van der Waals surface area contributed by atoms with Gasteiger partial charge in [0.05, 0.1) is 18.5 Å². The lowest BCUT2D eigenvalue weighted by Crippen LogP contribution is -2.44. The highest BCUT2D eigenvalue weighted by Crippen LogP contribution is 2.24. The van der Waals surface area contributed by atoms with E-state index in [0.717, 1.165) is 6.42 Å². The number of rotatable bonds is 11. The predicted molar refractivity (Wildman–Crippen MR) is 94.3 cm³/mol. The Hall–Kier alpha value is -1.66. The smallest absolute Gasteiger partial charge is 0.256 e. The van der Waals surface area contributed by atoms with E-state index in [1.165, 1.54) is 0 Å². The number of carbonyl (C=O) groups is 1. The van der Waals surface area contributed by atoms with Crippen LogP contribution in [0.15, 0.2) is 18.3 Å². The highest BCUT2D eigenvalue weighted by molar-refractivity contribution is 5.96. The van der Waals surface area contributed by atoms with Gasteiger partial charge in [0.25, 0.3) is 5.91 Å². The summed E-state index contributed by atoms with van der Waals surface area (Å²) in [5.74, 6) is 0.698. The van der Waals surface area contributed by atoms with Crippen molar-refractivity contribution in [2.24, 2.45) is 5.92 Å². The topological polar surface area (TPSA) is 69.7 Å². The zero-order valence-corrected chi connectivity index (χ0v) is 15.4. The molecule has 0 saturated heterocycles. The van der Waals surface area contributed by atoms with Gasteiger partial charge in [0.1, 0.15) is 12.2 Å². The largest absolute Gasteiger partial charge is 0.475 e. The summed E-state index contributed by atoms with van der Waals surface area (Å²) in [6, 6.07) is 3.49. The van der Waals surface area contributed by atoms with E-state index in [0.29, 0.717) is 43.7 Å². The summed E-state index contributed by atoms with van der Waals surface area (Å²) < 4.78 is 16.2. The van der Waals surface area contributed by atoms with Crippen LogP contribution in [-0.2, 0) is 14.3 Å². The number of anilines is 1. The molecule has 0 saturated carbocycles. The summed E-state index contributed by atoms with van der Waals surface area (Å²) in [4.78, 5) is 16.8. The Morgan fingerprint density at radius 3 is 2.58 bits per heavy atom. The highest BCUT2D eigenvalue weighted by atomic mass is 16.5. The molecule has 1 atom stereocenters. The molecule has 1 aromatic heterocycles. The molecule has 136 valence electrons. The first kappa shape index (κ1) is 20.4. The fourth-order valence-corrected chi connectivity index (χ4v) is 2.36. The molecule has 0 aliphatic heterocycles. The van der Waals surface area contributed by atoms with E-state index in [4.69, 9.17) is 14.2 Å². The van der Waals surface area contributed by atoms with Crippen LogP contribution in [0, 0.1) is 5.92 Å². The normalized spacial score (nSPS) is 13.6. The third kappa shape index (κ3) is 6.84. The second kappa shape index (κ2) is 10.3. The molecule has 0 aliphatic carbocycles. The molecule has 1 amide bonds. The second-order valence-electron chi connectivity index (χ2n) is 6.36. The number of amides is 1. The van der Waals surface area contributed by atoms with Crippen LogP contribution in [-0.4, -0.2) is 43.4 Å². The van der Waals surface area contributed by atoms with Crippen molar-refractivity contribution in [1.82, 2.24) is 4.98 Å². The molecule has 0 spiro atoms. The van der Waals surface area contributed by atoms with Gasteiger partial charge in [-0.25, -0.2) is 4.98 Å². The average molecular weight is 338 g/mol. The van der Waals surface area contributed by atoms with Crippen LogP contribution in [0.4, 0.5) is 5.69 Å². The number of nitrogens with zero attached hydrogens (tertiary/aromatic N) is 1. The lowest BCUT2D eigenvalue weighted by Gasteiger charge is -2.30. The Morgan fingerprint density at radius 2 is 2.04 bits per heavy atom. The van der Waals surface area contributed by atoms with Gasteiger partial charge in [-0.1, -0.05) is 20.8 Å². The maximum Gasteiger partial charge on any atom is 0.256 e. The SMILES string of the molecule is CCCOC(C)(CC(C)C)C(=O)Nc1ccc(OCCOC)nc1. The fraction of sp³-hybridized carbons (Fsp3) is 0.667. The number of hydrogen-bond donors (Lipinski definition) is 1. The van der Waals surface area contributed by atoms with Crippen LogP contribution in [0.5, 0.6) is 5.88 Å². The van der Waals surface area contributed by atoms with Crippen LogP contribution < -0.4 is 10.1 Å². The van der Waals surface area contributed by atoms with E-state index in [1.54, 1.807) is 25.4 Å². The van der Waals surface area contributed by atoms with E-state index in [2.05, 4.69) is 24.1 Å². The van der Waals surface area contributed by atoms with Crippen molar-refractivity contribution in [2.45, 2.75) is 46.1 Å². The van der Waals surface area contributed by atoms with Crippen molar-refractivity contribution in [3.05, 3.63) is 18.3 Å². The Bertz CT molecular complexity index is 490. The van der Waals surface area contributed by atoms with Crippen LogP contribution in [0.3, 0.4) is 0 Å². The number of methoxy groups -OCH3 is 1.